The molecule has 1 aromatic carbocycles. The molecule has 4 nitrogen and oxygen atoms in total. The van der Waals surface area contributed by atoms with E-state index in [1.165, 1.54) is 19.3 Å². The smallest absolute Gasteiger partial charge is 0.227 e. The molecule has 0 saturated heterocycles. The first kappa shape index (κ1) is 17.0. The summed E-state index contributed by atoms with van der Waals surface area (Å²) < 4.78 is 0. The summed E-state index contributed by atoms with van der Waals surface area (Å²) in [5, 5.41) is 6.21. The second-order valence-electron chi connectivity index (χ2n) is 7.25. The molecule has 2 aliphatic carbocycles. The fraction of sp³-hybridized carbons (Fsp3) is 0.600. The van der Waals surface area contributed by atoms with E-state index in [1.807, 2.05) is 30.3 Å². The van der Waals surface area contributed by atoms with Crippen molar-refractivity contribution in [3.05, 3.63) is 30.3 Å². The van der Waals surface area contributed by atoms with E-state index in [2.05, 4.69) is 10.6 Å². The maximum atomic E-state index is 12.4. The van der Waals surface area contributed by atoms with Crippen molar-refractivity contribution in [3.63, 3.8) is 0 Å². The molecule has 0 bridgehead atoms. The topological polar surface area (TPSA) is 58.2 Å². The number of hydrogen-bond donors (Lipinski definition) is 2. The van der Waals surface area contributed by atoms with Gasteiger partial charge in [-0.15, -0.1) is 0 Å². The Balaban J connectivity index is 1.43. The Morgan fingerprint density at radius 3 is 1.96 bits per heavy atom. The zero-order valence-electron chi connectivity index (χ0n) is 14.3. The highest BCUT2D eigenvalue weighted by atomic mass is 16.2. The number of nitrogens with one attached hydrogen (secondary N) is 2. The first-order valence-electron chi connectivity index (χ1n) is 9.38. The summed E-state index contributed by atoms with van der Waals surface area (Å²) in [6, 6.07) is 9.96. The van der Waals surface area contributed by atoms with Gasteiger partial charge in [-0.25, -0.2) is 0 Å². The second kappa shape index (κ2) is 8.32. The quantitative estimate of drug-likeness (QED) is 0.881. The molecule has 2 amide bonds. The molecule has 3 rings (SSSR count). The number of hydrogen-bond acceptors (Lipinski definition) is 2. The van der Waals surface area contributed by atoms with Crippen LogP contribution in [0.15, 0.2) is 30.3 Å². The summed E-state index contributed by atoms with van der Waals surface area (Å²) in [5.41, 5.74) is 0.847. The van der Waals surface area contributed by atoms with Gasteiger partial charge in [-0.05, 0) is 50.7 Å². The summed E-state index contributed by atoms with van der Waals surface area (Å²) in [5.74, 6) is 0.424. The average Bonchev–Trinajstić information content (AvgIpc) is 2.63. The average molecular weight is 328 g/mol. The Morgan fingerprint density at radius 1 is 0.750 bits per heavy atom. The van der Waals surface area contributed by atoms with E-state index >= 15 is 0 Å². The molecule has 2 saturated carbocycles. The van der Waals surface area contributed by atoms with Crippen molar-refractivity contribution in [2.24, 2.45) is 11.8 Å². The first-order chi connectivity index (χ1) is 11.7. The zero-order valence-corrected chi connectivity index (χ0v) is 14.3. The molecule has 0 unspecified atom stereocenters. The number of benzene rings is 1. The van der Waals surface area contributed by atoms with E-state index in [4.69, 9.17) is 0 Å². The van der Waals surface area contributed by atoms with Crippen molar-refractivity contribution in [1.82, 2.24) is 5.32 Å². The van der Waals surface area contributed by atoms with Crippen molar-refractivity contribution in [1.29, 1.82) is 0 Å². The summed E-state index contributed by atoms with van der Waals surface area (Å²) in [4.78, 5) is 24.8. The minimum absolute atomic E-state index is 0.0314. The van der Waals surface area contributed by atoms with Crippen LogP contribution in [0.3, 0.4) is 0 Å². The number of para-hydroxylation sites is 1. The number of rotatable bonds is 4. The third-order valence-corrected chi connectivity index (χ3v) is 5.46. The van der Waals surface area contributed by atoms with Crippen LogP contribution in [0.2, 0.25) is 0 Å². The van der Waals surface area contributed by atoms with Gasteiger partial charge in [-0.3, -0.25) is 9.59 Å². The molecule has 24 heavy (non-hydrogen) atoms. The van der Waals surface area contributed by atoms with Crippen LogP contribution in [0.4, 0.5) is 5.69 Å². The normalized spacial score (nSPS) is 25.0. The van der Waals surface area contributed by atoms with Gasteiger partial charge in [0.25, 0.3) is 0 Å². The minimum Gasteiger partial charge on any atom is -0.353 e. The maximum absolute atomic E-state index is 12.4. The van der Waals surface area contributed by atoms with Gasteiger partial charge >= 0.3 is 0 Å². The predicted molar refractivity (Wildman–Crippen MR) is 95.5 cm³/mol. The summed E-state index contributed by atoms with van der Waals surface area (Å²) in [6.45, 7) is 0. The van der Waals surface area contributed by atoms with Crippen LogP contribution >= 0.6 is 0 Å². The van der Waals surface area contributed by atoms with E-state index in [0.29, 0.717) is 6.04 Å². The number of anilines is 1. The third kappa shape index (κ3) is 4.59. The number of amides is 2. The van der Waals surface area contributed by atoms with Gasteiger partial charge in [0.1, 0.15) is 0 Å². The number of carbonyl (C=O) groups is 2. The van der Waals surface area contributed by atoms with Crippen LogP contribution in [0.1, 0.15) is 57.8 Å². The molecule has 1 aromatic rings. The molecule has 2 N–H and O–H groups in total. The Hall–Kier alpha value is -1.84. The lowest BCUT2D eigenvalue weighted by molar-refractivity contribution is -0.129. The van der Waals surface area contributed by atoms with Crippen molar-refractivity contribution < 1.29 is 9.59 Å². The molecule has 2 aliphatic rings. The zero-order chi connectivity index (χ0) is 16.8. The predicted octanol–water partition coefficient (Wildman–Crippen LogP) is 3.88. The molecular formula is C20H28N2O2. The van der Waals surface area contributed by atoms with Gasteiger partial charge in [-0.1, -0.05) is 37.5 Å². The summed E-state index contributed by atoms with van der Waals surface area (Å²) >= 11 is 0. The SMILES string of the molecule is O=C(Nc1ccccc1)C1CCC(C(=O)NC2CCCCC2)CC1. The second-order valence-corrected chi connectivity index (χ2v) is 7.25. The lowest BCUT2D eigenvalue weighted by Crippen LogP contribution is -2.41. The minimum atomic E-state index is 0.0314. The van der Waals surface area contributed by atoms with E-state index in [9.17, 15) is 9.59 Å². The largest absolute Gasteiger partial charge is 0.353 e. The van der Waals surface area contributed by atoms with Gasteiger partial charge in [0.15, 0.2) is 0 Å². The van der Waals surface area contributed by atoms with Gasteiger partial charge < -0.3 is 10.6 Å². The highest BCUT2D eigenvalue weighted by molar-refractivity contribution is 5.92. The van der Waals surface area contributed by atoms with Crippen LogP contribution in [0.5, 0.6) is 0 Å². The first-order valence-corrected chi connectivity index (χ1v) is 9.38. The van der Waals surface area contributed by atoms with E-state index in [-0.39, 0.29) is 23.7 Å². The summed E-state index contributed by atoms with van der Waals surface area (Å²) in [6.07, 6.45) is 9.28. The molecule has 0 spiro atoms. The van der Waals surface area contributed by atoms with Gasteiger partial charge in [0.2, 0.25) is 11.8 Å². The lowest BCUT2D eigenvalue weighted by Gasteiger charge is -2.29. The van der Waals surface area contributed by atoms with Gasteiger partial charge in [0, 0.05) is 23.6 Å². The number of carbonyl (C=O) groups excluding carboxylic acids is 2. The van der Waals surface area contributed by atoms with Crippen LogP contribution < -0.4 is 10.6 Å². The highest BCUT2D eigenvalue weighted by Gasteiger charge is 2.30. The Labute approximate surface area is 144 Å². The standard InChI is InChI=1S/C20H28N2O2/c23-19(21-17-7-3-1-4-8-17)15-11-13-16(14-12-15)20(24)22-18-9-5-2-6-10-18/h1,3-4,7-8,15-16,18H,2,5-6,9-14H2,(H,21,23)(H,22,24). The van der Waals surface area contributed by atoms with Crippen LogP contribution in [-0.2, 0) is 9.59 Å². The Kier molecular flexibility index (Phi) is 5.89. The van der Waals surface area contributed by atoms with Crippen LogP contribution in [-0.4, -0.2) is 17.9 Å². The van der Waals surface area contributed by atoms with Crippen molar-refractivity contribution in [2.75, 3.05) is 5.32 Å². The van der Waals surface area contributed by atoms with Crippen molar-refractivity contribution in [2.45, 2.75) is 63.8 Å². The van der Waals surface area contributed by atoms with Crippen molar-refractivity contribution in [3.8, 4) is 0 Å². The monoisotopic (exact) mass is 328 g/mol. The Bertz CT molecular complexity index is 544. The maximum Gasteiger partial charge on any atom is 0.227 e. The molecule has 0 atom stereocenters. The molecule has 130 valence electrons. The Morgan fingerprint density at radius 2 is 1.33 bits per heavy atom. The fourth-order valence-corrected chi connectivity index (χ4v) is 3.95. The molecule has 0 aromatic heterocycles. The lowest BCUT2D eigenvalue weighted by atomic mass is 9.80. The van der Waals surface area contributed by atoms with Crippen molar-refractivity contribution >= 4 is 17.5 Å². The fourth-order valence-electron chi connectivity index (χ4n) is 3.95. The summed E-state index contributed by atoms with van der Waals surface area (Å²) in [7, 11) is 0. The van der Waals surface area contributed by atoms with E-state index in [0.717, 1.165) is 44.2 Å². The van der Waals surface area contributed by atoms with E-state index in [1.54, 1.807) is 0 Å². The van der Waals surface area contributed by atoms with Crippen LogP contribution in [0.25, 0.3) is 0 Å². The van der Waals surface area contributed by atoms with Gasteiger partial charge in [0.05, 0.1) is 0 Å². The molecule has 0 aliphatic heterocycles. The molecule has 2 fully saturated rings. The third-order valence-electron chi connectivity index (χ3n) is 5.46. The van der Waals surface area contributed by atoms with Crippen LogP contribution in [0, 0.1) is 11.8 Å². The molecule has 4 heteroatoms. The van der Waals surface area contributed by atoms with E-state index < -0.39 is 0 Å². The van der Waals surface area contributed by atoms with Gasteiger partial charge in [-0.2, -0.15) is 0 Å². The molecule has 0 heterocycles. The highest BCUT2D eigenvalue weighted by Crippen LogP contribution is 2.30. The molecular weight excluding hydrogens is 300 g/mol. The molecule has 0 radical (unpaired) electrons.